The van der Waals surface area contributed by atoms with Crippen molar-refractivity contribution < 1.29 is 14.3 Å². The minimum atomic E-state index is -1.08. The maximum Gasteiger partial charge on any atom is 0.321 e. The van der Waals surface area contributed by atoms with Crippen molar-refractivity contribution in [1.29, 1.82) is 0 Å². The van der Waals surface area contributed by atoms with E-state index in [0.29, 0.717) is 10.6 Å². The maximum absolute atomic E-state index is 13.5. The van der Waals surface area contributed by atoms with Crippen molar-refractivity contribution in [2.75, 3.05) is 0 Å². The lowest BCUT2D eigenvalue weighted by molar-refractivity contribution is -0.139. The number of thioether (sulfide) groups is 1. The van der Waals surface area contributed by atoms with Gasteiger partial charge in [-0.2, -0.15) is 0 Å². The summed E-state index contributed by atoms with van der Waals surface area (Å²) in [4.78, 5) is 10.9. The topological polar surface area (TPSA) is 63.3 Å². The van der Waals surface area contributed by atoms with Crippen molar-refractivity contribution >= 4 is 29.3 Å². The Bertz CT molecular complexity index is 433. The Hall–Kier alpha value is -0.780. The molecule has 3 N–H and O–H groups in total. The van der Waals surface area contributed by atoms with Crippen molar-refractivity contribution in [3.63, 3.8) is 0 Å². The molecule has 0 unspecified atom stereocenters. The van der Waals surface area contributed by atoms with Crippen molar-refractivity contribution in [1.82, 2.24) is 0 Å². The van der Waals surface area contributed by atoms with Crippen LogP contribution in [0, 0.1) is 5.82 Å². The number of halogens is 2. The third-order valence-corrected chi connectivity index (χ3v) is 4.45. The van der Waals surface area contributed by atoms with Crippen LogP contribution in [0.3, 0.4) is 0 Å². The summed E-state index contributed by atoms with van der Waals surface area (Å²) in [5.74, 6) is -1.19. The molecule has 1 aromatic carbocycles. The lowest BCUT2D eigenvalue weighted by Gasteiger charge is -2.28. The Morgan fingerprint density at radius 3 is 2.72 bits per heavy atom. The van der Waals surface area contributed by atoms with Gasteiger partial charge in [0.1, 0.15) is 11.9 Å². The molecule has 0 heterocycles. The van der Waals surface area contributed by atoms with Crippen LogP contribution in [0.1, 0.15) is 19.4 Å². The highest BCUT2D eigenvalue weighted by molar-refractivity contribution is 7.99. The van der Waals surface area contributed by atoms with Crippen LogP contribution in [0.15, 0.2) is 18.2 Å². The number of rotatable bonds is 5. The molecule has 0 aliphatic carbocycles. The minimum Gasteiger partial charge on any atom is -0.480 e. The molecule has 1 aromatic rings. The normalized spacial score (nSPS) is 13.4. The first-order chi connectivity index (χ1) is 8.25. The Balaban J connectivity index is 2.79. The second kappa shape index (κ2) is 5.91. The van der Waals surface area contributed by atoms with Gasteiger partial charge in [0.2, 0.25) is 0 Å². The molecule has 0 aliphatic rings. The summed E-state index contributed by atoms with van der Waals surface area (Å²) in [5.41, 5.74) is 5.96. The molecular formula is C12H15ClFNO2S. The average molecular weight is 292 g/mol. The summed E-state index contributed by atoms with van der Waals surface area (Å²) in [6.45, 7) is 3.43. The molecule has 0 spiro atoms. The Morgan fingerprint density at radius 2 is 2.22 bits per heavy atom. The number of hydrogen-bond acceptors (Lipinski definition) is 3. The van der Waals surface area contributed by atoms with Gasteiger partial charge >= 0.3 is 5.97 Å². The van der Waals surface area contributed by atoms with Gasteiger partial charge in [0, 0.05) is 21.1 Å². The monoisotopic (exact) mass is 291 g/mol. The molecule has 0 saturated heterocycles. The number of benzene rings is 1. The molecule has 0 saturated carbocycles. The molecule has 6 heteroatoms. The van der Waals surface area contributed by atoms with Gasteiger partial charge < -0.3 is 10.8 Å². The van der Waals surface area contributed by atoms with Crippen molar-refractivity contribution in [2.45, 2.75) is 30.4 Å². The van der Waals surface area contributed by atoms with Crippen LogP contribution < -0.4 is 5.73 Å². The van der Waals surface area contributed by atoms with Gasteiger partial charge in [-0.3, -0.25) is 4.79 Å². The number of carboxylic acid groups (broad SMARTS) is 1. The zero-order valence-electron chi connectivity index (χ0n) is 10.1. The van der Waals surface area contributed by atoms with E-state index in [4.69, 9.17) is 22.4 Å². The summed E-state index contributed by atoms with van der Waals surface area (Å²) >= 11 is 7.17. The van der Waals surface area contributed by atoms with Crippen molar-refractivity contribution in [3.8, 4) is 0 Å². The van der Waals surface area contributed by atoms with Gasteiger partial charge in [0.25, 0.3) is 0 Å². The van der Waals surface area contributed by atoms with E-state index < -0.39 is 22.6 Å². The first-order valence-corrected chi connectivity index (χ1v) is 6.67. The van der Waals surface area contributed by atoms with Crippen molar-refractivity contribution in [3.05, 3.63) is 34.6 Å². The van der Waals surface area contributed by atoms with Gasteiger partial charge in [-0.05, 0) is 26.0 Å². The standard InChI is InChI=1S/C12H15ClFNO2S/c1-12(2,10(15)11(16)17)18-6-7-8(13)4-3-5-9(7)14/h3-5,10H,6,15H2,1-2H3,(H,16,17)/t10-/m1/s1. The quantitative estimate of drug-likeness (QED) is 0.875. The molecular weight excluding hydrogens is 277 g/mol. The fourth-order valence-electron chi connectivity index (χ4n) is 1.32. The largest absolute Gasteiger partial charge is 0.480 e. The smallest absolute Gasteiger partial charge is 0.321 e. The Labute approximate surface area is 115 Å². The van der Waals surface area contributed by atoms with Crippen LogP contribution in [0.4, 0.5) is 4.39 Å². The van der Waals surface area contributed by atoms with Crippen LogP contribution in [0.2, 0.25) is 5.02 Å². The first kappa shape index (κ1) is 15.3. The van der Waals surface area contributed by atoms with Crippen LogP contribution in [-0.2, 0) is 10.5 Å². The third kappa shape index (κ3) is 3.60. The van der Waals surface area contributed by atoms with Gasteiger partial charge in [-0.1, -0.05) is 17.7 Å². The highest BCUT2D eigenvalue weighted by atomic mass is 35.5. The molecule has 0 radical (unpaired) electrons. The van der Waals surface area contributed by atoms with E-state index in [-0.39, 0.29) is 5.75 Å². The molecule has 0 amide bonds. The van der Waals surface area contributed by atoms with E-state index in [2.05, 4.69) is 0 Å². The second-order valence-electron chi connectivity index (χ2n) is 4.41. The number of hydrogen-bond donors (Lipinski definition) is 2. The zero-order valence-corrected chi connectivity index (χ0v) is 11.7. The summed E-state index contributed by atoms with van der Waals surface area (Å²) in [7, 11) is 0. The van der Waals surface area contributed by atoms with E-state index in [9.17, 15) is 9.18 Å². The van der Waals surface area contributed by atoms with Gasteiger partial charge in [-0.15, -0.1) is 11.8 Å². The van der Waals surface area contributed by atoms with E-state index in [1.165, 1.54) is 23.9 Å². The Morgan fingerprint density at radius 1 is 1.61 bits per heavy atom. The van der Waals surface area contributed by atoms with Crippen LogP contribution >= 0.6 is 23.4 Å². The molecule has 1 atom stereocenters. The van der Waals surface area contributed by atoms with Gasteiger partial charge in [0.05, 0.1) is 0 Å². The van der Waals surface area contributed by atoms with Crippen molar-refractivity contribution in [2.24, 2.45) is 5.73 Å². The lowest BCUT2D eigenvalue weighted by atomic mass is 10.1. The first-order valence-electron chi connectivity index (χ1n) is 5.31. The number of carbonyl (C=O) groups is 1. The fraction of sp³-hybridized carbons (Fsp3) is 0.417. The molecule has 0 aliphatic heterocycles. The summed E-state index contributed by atoms with van der Waals surface area (Å²) in [5, 5.41) is 9.22. The average Bonchev–Trinajstić information content (AvgIpc) is 2.27. The molecule has 3 nitrogen and oxygen atoms in total. The Kier molecular flexibility index (Phi) is 5.01. The second-order valence-corrected chi connectivity index (χ2v) is 6.44. The molecule has 18 heavy (non-hydrogen) atoms. The molecule has 0 aromatic heterocycles. The maximum atomic E-state index is 13.5. The lowest BCUT2D eigenvalue weighted by Crippen LogP contribution is -2.46. The summed E-state index contributed by atoms with van der Waals surface area (Å²) in [6.07, 6.45) is 0. The van der Waals surface area contributed by atoms with Crippen LogP contribution in [-0.4, -0.2) is 21.9 Å². The SMILES string of the molecule is CC(C)(SCc1c(F)cccc1Cl)[C@H](N)C(=O)O. The zero-order chi connectivity index (χ0) is 13.9. The number of aliphatic carboxylic acids is 1. The summed E-state index contributed by atoms with van der Waals surface area (Å²) in [6, 6.07) is 3.43. The summed E-state index contributed by atoms with van der Waals surface area (Å²) < 4.78 is 12.8. The molecule has 100 valence electrons. The highest BCUT2D eigenvalue weighted by Gasteiger charge is 2.32. The minimum absolute atomic E-state index is 0.277. The van der Waals surface area contributed by atoms with E-state index in [1.807, 2.05) is 0 Å². The third-order valence-electron chi connectivity index (χ3n) is 2.67. The van der Waals surface area contributed by atoms with Gasteiger partial charge in [0.15, 0.2) is 0 Å². The predicted octanol–water partition coefficient (Wildman–Crippen LogP) is 2.90. The predicted molar refractivity (Wildman–Crippen MR) is 72.4 cm³/mol. The molecule has 1 rings (SSSR count). The molecule has 0 fully saturated rings. The van der Waals surface area contributed by atoms with Gasteiger partial charge in [-0.25, -0.2) is 4.39 Å². The van der Waals surface area contributed by atoms with E-state index in [0.717, 1.165) is 0 Å². The highest BCUT2D eigenvalue weighted by Crippen LogP contribution is 2.33. The number of carboxylic acids is 1. The van der Waals surface area contributed by atoms with E-state index >= 15 is 0 Å². The fourth-order valence-corrected chi connectivity index (χ4v) is 2.71. The van der Waals surface area contributed by atoms with Crippen LogP contribution in [0.5, 0.6) is 0 Å². The molecule has 0 bridgehead atoms. The number of nitrogens with two attached hydrogens (primary N) is 1. The van der Waals surface area contributed by atoms with Crippen LogP contribution in [0.25, 0.3) is 0 Å². The van der Waals surface area contributed by atoms with E-state index in [1.54, 1.807) is 19.9 Å².